The molecule has 0 atom stereocenters. The molecule has 3 aromatic rings. The highest BCUT2D eigenvalue weighted by atomic mass is 16.5. The molecule has 2 N–H and O–H groups in total. The molecule has 1 aliphatic rings. The molecule has 7 nitrogen and oxygen atoms in total. The highest BCUT2D eigenvalue weighted by Gasteiger charge is 2.25. The molecule has 4 rings (SSSR count). The molecule has 0 aliphatic carbocycles. The van der Waals surface area contributed by atoms with Crippen LogP contribution in [-0.2, 0) is 0 Å². The number of amides is 2. The maximum absolute atomic E-state index is 12.4. The zero-order valence-corrected chi connectivity index (χ0v) is 16.8. The van der Waals surface area contributed by atoms with Crippen molar-refractivity contribution in [2.75, 3.05) is 18.4 Å². The van der Waals surface area contributed by atoms with E-state index in [9.17, 15) is 9.59 Å². The summed E-state index contributed by atoms with van der Waals surface area (Å²) in [7, 11) is 0. The SMILES string of the molecule is Cc1ccc(NC(=O)c2ccccc2)cc1OC1CCN(C(=O)c2ccn[nH]2)CC1. The van der Waals surface area contributed by atoms with Crippen LogP contribution in [0.25, 0.3) is 0 Å². The molecule has 0 radical (unpaired) electrons. The lowest BCUT2D eigenvalue weighted by Gasteiger charge is -2.32. The zero-order valence-electron chi connectivity index (χ0n) is 16.8. The summed E-state index contributed by atoms with van der Waals surface area (Å²) < 4.78 is 6.22. The predicted molar refractivity (Wildman–Crippen MR) is 114 cm³/mol. The van der Waals surface area contributed by atoms with Gasteiger partial charge in [0.2, 0.25) is 0 Å². The molecule has 1 fully saturated rings. The van der Waals surface area contributed by atoms with Crippen LogP contribution >= 0.6 is 0 Å². The number of likely N-dealkylation sites (tertiary alicyclic amines) is 1. The molecule has 2 amide bonds. The fraction of sp³-hybridized carbons (Fsp3) is 0.261. The first-order chi connectivity index (χ1) is 14.6. The molecule has 0 saturated carbocycles. The number of piperidine rings is 1. The quantitative estimate of drug-likeness (QED) is 0.679. The Morgan fingerprint density at radius 1 is 1.10 bits per heavy atom. The molecule has 2 heterocycles. The van der Waals surface area contributed by atoms with Gasteiger partial charge in [-0.05, 0) is 36.8 Å². The van der Waals surface area contributed by atoms with Gasteiger partial charge in [0.05, 0.1) is 0 Å². The normalized spacial score (nSPS) is 14.4. The molecule has 1 aromatic heterocycles. The largest absolute Gasteiger partial charge is 0.490 e. The third-order valence-corrected chi connectivity index (χ3v) is 5.24. The van der Waals surface area contributed by atoms with Crippen molar-refractivity contribution >= 4 is 17.5 Å². The monoisotopic (exact) mass is 404 g/mol. The van der Waals surface area contributed by atoms with E-state index in [1.54, 1.807) is 24.4 Å². The average Bonchev–Trinajstić information content (AvgIpc) is 3.32. The first-order valence-electron chi connectivity index (χ1n) is 10.0. The van der Waals surface area contributed by atoms with Crippen LogP contribution in [0.4, 0.5) is 5.69 Å². The Balaban J connectivity index is 1.36. The molecule has 1 saturated heterocycles. The minimum atomic E-state index is -0.156. The van der Waals surface area contributed by atoms with Crippen molar-refractivity contribution in [3.8, 4) is 5.75 Å². The van der Waals surface area contributed by atoms with Crippen LogP contribution in [-0.4, -0.2) is 46.1 Å². The van der Waals surface area contributed by atoms with Crippen LogP contribution in [0.3, 0.4) is 0 Å². The van der Waals surface area contributed by atoms with E-state index in [4.69, 9.17) is 4.74 Å². The van der Waals surface area contributed by atoms with E-state index in [0.29, 0.717) is 30.0 Å². The fourth-order valence-corrected chi connectivity index (χ4v) is 3.50. The van der Waals surface area contributed by atoms with Crippen LogP contribution in [0.2, 0.25) is 0 Å². The molecular formula is C23H24N4O3. The molecule has 1 aliphatic heterocycles. The van der Waals surface area contributed by atoms with E-state index in [2.05, 4.69) is 15.5 Å². The summed E-state index contributed by atoms with van der Waals surface area (Å²) in [5, 5.41) is 9.48. The van der Waals surface area contributed by atoms with Gasteiger partial charge in [0.15, 0.2) is 0 Å². The van der Waals surface area contributed by atoms with Crippen molar-refractivity contribution in [3.63, 3.8) is 0 Å². The van der Waals surface area contributed by atoms with Gasteiger partial charge in [-0.1, -0.05) is 24.3 Å². The summed E-state index contributed by atoms with van der Waals surface area (Å²) in [5.74, 6) is 0.558. The van der Waals surface area contributed by atoms with Crippen molar-refractivity contribution in [3.05, 3.63) is 77.6 Å². The number of nitrogens with zero attached hydrogens (tertiary/aromatic N) is 2. The van der Waals surface area contributed by atoms with Gasteiger partial charge < -0.3 is 15.0 Å². The molecule has 0 unspecified atom stereocenters. The van der Waals surface area contributed by atoms with Crippen LogP contribution in [0.5, 0.6) is 5.75 Å². The molecule has 0 bridgehead atoms. The Morgan fingerprint density at radius 2 is 1.87 bits per heavy atom. The Hall–Kier alpha value is -3.61. The Bertz CT molecular complexity index is 1010. The number of aromatic amines is 1. The van der Waals surface area contributed by atoms with Gasteiger partial charge in [-0.2, -0.15) is 5.10 Å². The van der Waals surface area contributed by atoms with Crippen molar-refractivity contribution in [1.82, 2.24) is 15.1 Å². The third-order valence-electron chi connectivity index (χ3n) is 5.24. The Morgan fingerprint density at radius 3 is 2.57 bits per heavy atom. The number of aryl methyl sites for hydroxylation is 1. The number of benzene rings is 2. The van der Waals surface area contributed by atoms with Crippen molar-refractivity contribution < 1.29 is 14.3 Å². The number of anilines is 1. The van der Waals surface area contributed by atoms with Gasteiger partial charge in [-0.25, -0.2) is 0 Å². The molecule has 154 valence electrons. The maximum atomic E-state index is 12.4. The lowest BCUT2D eigenvalue weighted by atomic mass is 10.1. The number of rotatable bonds is 5. The number of nitrogens with one attached hydrogen (secondary N) is 2. The van der Waals surface area contributed by atoms with Gasteiger partial charge in [0, 0.05) is 49.4 Å². The number of carbonyl (C=O) groups is 2. The van der Waals surface area contributed by atoms with Gasteiger partial charge in [0.1, 0.15) is 17.5 Å². The Labute approximate surface area is 175 Å². The average molecular weight is 404 g/mol. The number of hydrogen-bond donors (Lipinski definition) is 2. The van der Waals surface area contributed by atoms with Crippen molar-refractivity contribution in [1.29, 1.82) is 0 Å². The number of carbonyl (C=O) groups excluding carboxylic acids is 2. The maximum Gasteiger partial charge on any atom is 0.271 e. The van der Waals surface area contributed by atoms with E-state index in [0.717, 1.165) is 24.2 Å². The van der Waals surface area contributed by atoms with Gasteiger partial charge in [-0.15, -0.1) is 0 Å². The summed E-state index contributed by atoms with van der Waals surface area (Å²) in [6.45, 7) is 3.24. The van der Waals surface area contributed by atoms with Crippen molar-refractivity contribution in [2.45, 2.75) is 25.9 Å². The van der Waals surface area contributed by atoms with E-state index in [1.165, 1.54) is 0 Å². The summed E-state index contributed by atoms with van der Waals surface area (Å²) in [6.07, 6.45) is 3.10. The summed E-state index contributed by atoms with van der Waals surface area (Å²) in [4.78, 5) is 26.6. The van der Waals surface area contributed by atoms with Crippen molar-refractivity contribution in [2.24, 2.45) is 0 Å². The van der Waals surface area contributed by atoms with Gasteiger partial charge in [0.25, 0.3) is 11.8 Å². The number of H-pyrrole nitrogens is 1. The number of aromatic nitrogens is 2. The molecule has 7 heteroatoms. The standard InChI is InChI=1S/C23H24N4O3/c1-16-7-8-18(25-22(28)17-5-3-2-4-6-17)15-21(16)30-19-10-13-27(14-11-19)23(29)20-9-12-24-26-20/h2-9,12,15,19H,10-11,13-14H2,1H3,(H,24,26)(H,25,28). The minimum Gasteiger partial charge on any atom is -0.490 e. The Kier molecular flexibility index (Phi) is 5.79. The predicted octanol–water partition coefficient (Wildman–Crippen LogP) is 3.65. The minimum absolute atomic E-state index is 0.0228. The first kappa shape index (κ1) is 19.7. The number of ether oxygens (including phenoxy) is 1. The summed E-state index contributed by atoms with van der Waals surface area (Å²) >= 11 is 0. The van der Waals surface area contributed by atoms with Crippen LogP contribution in [0.15, 0.2) is 60.8 Å². The highest BCUT2D eigenvalue weighted by Crippen LogP contribution is 2.27. The lowest BCUT2D eigenvalue weighted by molar-refractivity contribution is 0.0589. The lowest BCUT2D eigenvalue weighted by Crippen LogP contribution is -2.42. The first-order valence-corrected chi connectivity index (χ1v) is 10.0. The second kappa shape index (κ2) is 8.82. The summed E-state index contributed by atoms with van der Waals surface area (Å²) in [5.41, 5.74) is 2.81. The smallest absolute Gasteiger partial charge is 0.271 e. The van der Waals surface area contributed by atoms with Crippen LogP contribution < -0.4 is 10.1 Å². The van der Waals surface area contributed by atoms with Crippen LogP contribution in [0, 0.1) is 6.92 Å². The molecule has 2 aromatic carbocycles. The van der Waals surface area contributed by atoms with Gasteiger partial charge in [-0.3, -0.25) is 14.7 Å². The third kappa shape index (κ3) is 4.51. The van der Waals surface area contributed by atoms with E-state index in [-0.39, 0.29) is 17.9 Å². The summed E-state index contributed by atoms with van der Waals surface area (Å²) in [6, 6.07) is 16.5. The second-order valence-corrected chi connectivity index (χ2v) is 7.38. The molecule has 30 heavy (non-hydrogen) atoms. The molecule has 0 spiro atoms. The van der Waals surface area contributed by atoms with Crippen LogP contribution in [0.1, 0.15) is 39.3 Å². The fourth-order valence-electron chi connectivity index (χ4n) is 3.50. The topological polar surface area (TPSA) is 87.3 Å². The van der Waals surface area contributed by atoms with E-state index >= 15 is 0 Å². The zero-order chi connectivity index (χ0) is 20.9. The second-order valence-electron chi connectivity index (χ2n) is 7.38. The molecular weight excluding hydrogens is 380 g/mol. The van der Waals surface area contributed by atoms with Gasteiger partial charge >= 0.3 is 0 Å². The number of hydrogen-bond acceptors (Lipinski definition) is 4. The van der Waals surface area contributed by atoms with E-state index < -0.39 is 0 Å². The highest BCUT2D eigenvalue weighted by molar-refractivity contribution is 6.04. The van der Waals surface area contributed by atoms with E-state index in [1.807, 2.05) is 48.2 Å².